The van der Waals surface area contributed by atoms with Gasteiger partial charge >= 0.3 is 5.97 Å². The third kappa shape index (κ3) is 5.88. The van der Waals surface area contributed by atoms with Gasteiger partial charge in [0.25, 0.3) is 0 Å². The number of rotatable bonds is 8. The summed E-state index contributed by atoms with van der Waals surface area (Å²) in [6.07, 6.45) is 7.71. The van der Waals surface area contributed by atoms with Gasteiger partial charge in [0.15, 0.2) is 0 Å². The van der Waals surface area contributed by atoms with Crippen molar-refractivity contribution in [1.29, 1.82) is 0 Å². The van der Waals surface area contributed by atoms with Crippen LogP contribution in [0, 0.1) is 11.3 Å². The Hall–Kier alpha value is -3.60. The minimum Gasteiger partial charge on any atom is -0.469 e. The summed E-state index contributed by atoms with van der Waals surface area (Å²) in [5.74, 6) is 0.0503. The number of nitrogens with one attached hydrogen (secondary N) is 1. The fourth-order valence-corrected chi connectivity index (χ4v) is 6.31. The molecule has 2 atom stereocenters. The molecule has 2 aliphatic carbocycles. The smallest absolute Gasteiger partial charge is 0.309 e. The van der Waals surface area contributed by atoms with Crippen LogP contribution < -0.4 is 10.2 Å². The van der Waals surface area contributed by atoms with E-state index in [9.17, 15) is 9.59 Å². The minimum atomic E-state index is -0.409. The lowest BCUT2D eigenvalue weighted by Crippen LogP contribution is -2.40. The topological polar surface area (TPSA) is 58.6 Å². The highest BCUT2D eigenvalue weighted by Gasteiger charge is 2.40. The van der Waals surface area contributed by atoms with E-state index in [0.29, 0.717) is 0 Å². The Labute approximate surface area is 232 Å². The average Bonchev–Trinajstić information content (AvgIpc) is 2.93. The summed E-state index contributed by atoms with van der Waals surface area (Å²) in [7, 11) is 5.55. The van der Waals surface area contributed by atoms with Gasteiger partial charge in [0.05, 0.1) is 18.4 Å². The third-order valence-corrected chi connectivity index (χ3v) is 8.86. The Kier molecular flexibility index (Phi) is 8.06. The summed E-state index contributed by atoms with van der Waals surface area (Å²) in [5.41, 5.74) is 6.26. The molecule has 2 fully saturated rings. The number of nitrogens with zero attached hydrogens (tertiary/aromatic N) is 1. The Morgan fingerprint density at radius 2 is 1.56 bits per heavy atom. The zero-order valence-electron chi connectivity index (χ0n) is 23.4. The van der Waals surface area contributed by atoms with E-state index in [1.54, 1.807) is 0 Å². The van der Waals surface area contributed by atoms with Crippen LogP contribution in [0.3, 0.4) is 0 Å². The Morgan fingerprint density at radius 3 is 2.15 bits per heavy atom. The van der Waals surface area contributed by atoms with Crippen LogP contribution >= 0.6 is 0 Å². The third-order valence-electron chi connectivity index (χ3n) is 8.86. The fraction of sp³-hybridized carbons (Fsp3) is 0.412. The van der Waals surface area contributed by atoms with Gasteiger partial charge in [-0.25, -0.2) is 0 Å². The van der Waals surface area contributed by atoms with Gasteiger partial charge in [-0.15, -0.1) is 0 Å². The van der Waals surface area contributed by atoms with Crippen molar-refractivity contribution < 1.29 is 14.3 Å². The molecule has 0 saturated heterocycles. The van der Waals surface area contributed by atoms with Crippen LogP contribution in [-0.2, 0) is 20.7 Å². The van der Waals surface area contributed by atoms with Crippen molar-refractivity contribution in [3.05, 3.63) is 83.9 Å². The average molecular weight is 525 g/mol. The molecule has 3 aromatic carbocycles. The number of benzene rings is 3. The molecule has 204 valence electrons. The zero-order chi connectivity index (χ0) is 27.4. The van der Waals surface area contributed by atoms with Crippen molar-refractivity contribution in [1.82, 2.24) is 0 Å². The number of hydrogen-bond donors (Lipinski definition) is 1. The molecule has 0 heterocycles. The number of esters is 1. The van der Waals surface area contributed by atoms with E-state index in [0.717, 1.165) is 56.2 Å². The van der Waals surface area contributed by atoms with Crippen LogP contribution in [0.25, 0.3) is 11.1 Å². The van der Waals surface area contributed by atoms with Crippen LogP contribution in [0.4, 0.5) is 11.4 Å². The zero-order valence-corrected chi connectivity index (χ0v) is 23.4. The Balaban J connectivity index is 1.30. The quantitative estimate of drug-likeness (QED) is 0.316. The first kappa shape index (κ1) is 27.0. The summed E-state index contributed by atoms with van der Waals surface area (Å²) in [6, 6.07) is 25.4. The molecule has 39 heavy (non-hydrogen) atoms. The summed E-state index contributed by atoms with van der Waals surface area (Å²) in [4.78, 5) is 28.1. The molecule has 0 radical (unpaired) electrons. The lowest BCUT2D eigenvalue weighted by molar-refractivity contribution is -0.149. The van der Waals surface area contributed by atoms with Gasteiger partial charge in [0.2, 0.25) is 5.91 Å². The summed E-state index contributed by atoms with van der Waals surface area (Å²) >= 11 is 0. The molecule has 1 amide bonds. The maximum atomic E-state index is 13.9. The van der Waals surface area contributed by atoms with Gasteiger partial charge in [-0.1, -0.05) is 67.8 Å². The van der Waals surface area contributed by atoms with Crippen LogP contribution in [0.2, 0.25) is 0 Å². The first-order valence-corrected chi connectivity index (χ1v) is 14.2. The molecule has 5 nitrogen and oxygen atoms in total. The molecule has 3 aromatic rings. The summed E-state index contributed by atoms with van der Waals surface area (Å²) in [5, 5.41) is 3.27. The lowest BCUT2D eigenvalue weighted by Gasteiger charge is -2.37. The standard InChI is InChI=1S/C34H40N2O3/c1-36(2)29-16-14-26(15-17-29)25-12-10-24(11-13-25)23-34(20-5-4-6-21-34)33(38)35-28-9-7-8-27(22-28)30-18-19-31(30)32(37)39-3/h7-17,22,30-31H,4-6,18-21,23H2,1-3H3,(H,35,38). The fourth-order valence-electron chi connectivity index (χ4n) is 6.31. The molecular formula is C34H40N2O3. The minimum absolute atomic E-state index is 0.0838. The van der Waals surface area contributed by atoms with Crippen LogP contribution in [-0.4, -0.2) is 33.1 Å². The number of anilines is 2. The van der Waals surface area contributed by atoms with Gasteiger partial charge in [0.1, 0.15) is 0 Å². The Bertz CT molecular complexity index is 1290. The molecular weight excluding hydrogens is 484 g/mol. The highest BCUT2D eigenvalue weighted by Crippen LogP contribution is 2.44. The maximum absolute atomic E-state index is 13.9. The van der Waals surface area contributed by atoms with Gasteiger partial charge in [-0.2, -0.15) is 0 Å². The van der Waals surface area contributed by atoms with Crippen molar-refractivity contribution in [2.75, 3.05) is 31.4 Å². The number of carbonyl (C=O) groups excluding carboxylic acids is 2. The second kappa shape index (κ2) is 11.6. The molecule has 0 bridgehead atoms. The molecule has 5 rings (SSSR count). The highest BCUT2D eigenvalue weighted by atomic mass is 16.5. The second-order valence-electron chi connectivity index (χ2n) is 11.5. The normalized spacial score (nSPS) is 20.0. The van der Waals surface area contributed by atoms with E-state index in [1.165, 1.54) is 35.9 Å². The molecule has 0 aliphatic heterocycles. The predicted octanol–water partition coefficient (Wildman–Crippen LogP) is 7.22. The second-order valence-corrected chi connectivity index (χ2v) is 11.5. The monoisotopic (exact) mass is 524 g/mol. The van der Waals surface area contributed by atoms with Gasteiger partial charge in [0, 0.05) is 25.5 Å². The van der Waals surface area contributed by atoms with E-state index in [-0.39, 0.29) is 23.7 Å². The lowest BCUT2D eigenvalue weighted by atomic mass is 9.69. The molecule has 2 saturated carbocycles. The first-order valence-electron chi connectivity index (χ1n) is 14.2. The molecule has 2 unspecified atom stereocenters. The van der Waals surface area contributed by atoms with Gasteiger partial charge in [-0.3, -0.25) is 9.59 Å². The molecule has 0 spiro atoms. The number of hydrogen-bond acceptors (Lipinski definition) is 4. The van der Waals surface area contributed by atoms with E-state index in [2.05, 4.69) is 64.8 Å². The predicted molar refractivity (Wildman–Crippen MR) is 158 cm³/mol. The van der Waals surface area contributed by atoms with Crippen molar-refractivity contribution in [2.24, 2.45) is 11.3 Å². The molecule has 1 N–H and O–H groups in total. The number of methoxy groups -OCH3 is 1. The summed E-state index contributed by atoms with van der Waals surface area (Å²) in [6.45, 7) is 0. The van der Waals surface area contributed by atoms with Crippen LogP contribution in [0.1, 0.15) is 62.0 Å². The summed E-state index contributed by atoms with van der Waals surface area (Å²) < 4.78 is 4.99. The van der Waals surface area contributed by atoms with E-state index in [1.807, 2.05) is 32.3 Å². The van der Waals surface area contributed by atoms with Gasteiger partial charge < -0.3 is 15.0 Å². The van der Waals surface area contributed by atoms with E-state index >= 15 is 0 Å². The maximum Gasteiger partial charge on any atom is 0.309 e. The van der Waals surface area contributed by atoms with Crippen molar-refractivity contribution in [3.63, 3.8) is 0 Å². The number of carbonyl (C=O) groups is 2. The molecule has 0 aromatic heterocycles. The largest absolute Gasteiger partial charge is 0.469 e. The van der Waals surface area contributed by atoms with Crippen molar-refractivity contribution >= 4 is 23.3 Å². The molecule has 2 aliphatic rings. The Morgan fingerprint density at radius 1 is 0.897 bits per heavy atom. The van der Waals surface area contributed by atoms with E-state index < -0.39 is 5.41 Å². The number of ether oxygens (including phenoxy) is 1. The first-order chi connectivity index (χ1) is 18.9. The SMILES string of the molecule is COC(=O)C1CCC1c1cccc(NC(=O)C2(Cc3ccc(-c4ccc(N(C)C)cc4)cc3)CCCCC2)c1. The van der Waals surface area contributed by atoms with Crippen LogP contribution in [0.5, 0.6) is 0 Å². The van der Waals surface area contributed by atoms with Crippen molar-refractivity contribution in [2.45, 2.75) is 57.3 Å². The van der Waals surface area contributed by atoms with E-state index in [4.69, 9.17) is 4.74 Å². The van der Waals surface area contributed by atoms with Gasteiger partial charge in [-0.05, 0) is 84.5 Å². The number of amides is 1. The molecule has 5 heteroatoms. The van der Waals surface area contributed by atoms with Crippen LogP contribution in [0.15, 0.2) is 72.8 Å². The highest BCUT2D eigenvalue weighted by molar-refractivity contribution is 5.95. The van der Waals surface area contributed by atoms with Crippen molar-refractivity contribution in [3.8, 4) is 11.1 Å².